The molecule has 1 N–H and O–H groups in total. The molecule has 0 bridgehead atoms. The minimum Gasteiger partial charge on any atom is -0.495 e. The van der Waals surface area contributed by atoms with Crippen LogP contribution in [0, 0.1) is 11.3 Å². The van der Waals surface area contributed by atoms with Crippen LogP contribution in [0.5, 0.6) is 5.75 Å². The van der Waals surface area contributed by atoms with Crippen LogP contribution in [0.2, 0.25) is 0 Å². The number of nitrogens with one attached hydrogen (secondary N) is 1. The van der Waals surface area contributed by atoms with Gasteiger partial charge in [-0.1, -0.05) is 42.5 Å². The van der Waals surface area contributed by atoms with Crippen molar-refractivity contribution in [3.05, 3.63) is 83.4 Å². The van der Waals surface area contributed by atoms with Crippen LogP contribution in [0.3, 0.4) is 0 Å². The number of nitriles is 1. The van der Waals surface area contributed by atoms with E-state index in [1.165, 1.54) is 32.4 Å². The van der Waals surface area contributed by atoms with E-state index in [1.54, 1.807) is 6.07 Å². The van der Waals surface area contributed by atoms with Crippen molar-refractivity contribution in [1.82, 2.24) is 4.72 Å². The predicted molar refractivity (Wildman–Crippen MR) is 115 cm³/mol. The Labute approximate surface area is 180 Å². The topological polar surface area (TPSA) is 105 Å². The average molecular weight is 436 g/mol. The van der Waals surface area contributed by atoms with Crippen molar-refractivity contribution in [3.63, 3.8) is 0 Å². The van der Waals surface area contributed by atoms with Crippen molar-refractivity contribution < 1.29 is 22.7 Å². The fraction of sp³-hybridized carbons (Fsp3) is 0.130. The van der Waals surface area contributed by atoms with Gasteiger partial charge < -0.3 is 9.47 Å². The molecule has 3 rings (SSSR count). The van der Waals surface area contributed by atoms with Crippen molar-refractivity contribution in [1.29, 1.82) is 5.26 Å². The number of esters is 1. The van der Waals surface area contributed by atoms with E-state index in [4.69, 9.17) is 9.47 Å². The van der Waals surface area contributed by atoms with Crippen LogP contribution in [0.1, 0.15) is 21.5 Å². The molecule has 0 aliphatic heterocycles. The molecule has 0 unspecified atom stereocenters. The number of sulfonamides is 1. The third kappa shape index (κ3) is 4.91. The molecule has 0 aliphatic carbocycles. The Kier molecular flexibility index (Phi) is 6.70. The lowest BCUT2D eigenvalue weighted by molar-refractivity contribution is 0.0472. The maximum absolute atomic E-state index is 12.4. The molecule has 31 heavy (non-hydrogen) atoms. The van der Waals surface area contributed by atoms with E-state index in [9.17, 15) is 18.5 Å². The van der Waals surface area contributed by atoms with Gasteiger partial charge in [-0.05, 0) is 48.0 Å². The molecule has 0 saturated heterocycles. The second kappa shape index (κ2) is 9.43. The summed E-state index contributed by atoms with van der Waals surface area (Å²) in [5.74, 6) is -0.534. The van der Waals surface area contributed by atoms with E-state index < -0.39 is 16.0 Å². The predicted octanol–water partition coefficient (Wildman–Crippen LogP) is 3.50. The first kappa shape index (κ1) is 22.0. The van der Waals surface area contributed by atoms with Crippen LogP contribution in [0.4, 0.5) is 0 Å². The second-order valence-corrected chi connectivity index (χ2v) is 8.36. The monoisotopic (exact) mass is 436 g/mol. The zero-order chi connectivity index (χ0) is 22.4. The molecule has 0 aliphatic rings. The van der Waals surface area contributed by atoms with Gasteiger partial charge in [0.1, 0.15) is 17.3 Å². The van der Waals surface area contributed by atoms with E-state index >= 15 is 0 Å². The van der Waals surface area contributed by atoms with Gasteiger partial charge in [-0.25, -0.2) is 17.9 Å². The number of hydrogen-bond acceptors (Lipinski definition) is 6. The van der Waals surface area contributed by atoms with Crippen molar-refractivity contribution in [2.24, 2.45) is 0 Å². The summed E-state index contributed by atoms with van der Waals surface area (Å²) in [6, 6.07) is 20.8. The van der Waals surface area contributed by atoms with Crippen molar-refractivity contribution in [3.8, 4) is 22.9 Å². The lowest BCUT2D eigenvalue weighted by Gasteiger charge is -2.11. The summed E-state index contributed by atoms with van der Waals surface area (Å²) in [7, 11) is -1.18. The highest BCUT2D eigenvalue weighted by molar-refractivity contribution is 7.89. The molecule has 0 aromatic heterocycles. The number of nitrogens with zero attached hydrogens (tertiary/aromatic N) is 1. The standard InChI is InChI=1S/C23H20N2O5S/c1-25-31(27,28)22-13-18(11-12-21(22)29-2)23(26)30-15-16-7-9-17(10-8-16)20-6-4-3-5-19(20)14-24/h3-13,25H,15H2,1-2H3. The minimum absolute atomic E-state index is 0.0130. The van der Waals surface area contributed by atoms with E-state index in [0.717, 1.165) is 16.7 Å². The van der Waals surface area contributed by atoms with Gasteiger partial charge in [0.15, 0.2) is 0 Å². The van der Waals surface area contributed by atoms with Gasteiger partial charge in [0.25, 0.3) is 0 Å². The molecule has 0 atom stereocenters. The smallest absolute Gasteiger partial charge is 0.338 e. The number of carbonyl (C=O) groups excluding carboxylic acids is 1. The molecule has 0 spiro atoms. The Morgan fingerprint density at radius 2 is 1.77 bits per heavy atom. The Morgan fingerprint density at radius 3 is 2.42 bits per heavy atom. The van der Waals surface area contributed by atoms with Gasteiger partial charge >= 0.3 is 5.97 Å². The van der Waals surface area contributed by atoms with Crippen LogP contribution in [-0.2, 0) is 21.4 Å². The van der Waals surface area contributed by atoms with E-state index in [0.29, 0.717) is 5.56 Å². The van der Waals surface area contributed by atoms with E-state index in [2.05, 4.69) is 10.8 Å². The van der Waals surface area contributed by atoms with Crippen molar-refractivity contribution in [2.75, 3.05) is 14.2 Å². The Balaban J connectivity index is 1.74. The Morgan fingerprint density at radius 1 is 1.06 bits per heavy atom. The lowest BCUT2D eigenvalue weighted by Crippen LogP contribution is -2.20. The fourth-order valence-corrected chi connectivity index (χ4v) is 3.89. The van der Waals surface area contributed by atoms with Gasteiger partial charge in [-0.3, -0.25) is 0 Å². The number of hydrogen-bond donors (Lipinski definition) is 1. The molecule has 3 aromatic rings. The third-order valence-corrected chi connectivity index (χ3v) is 6.08. The SMILES string of the molecule is CNS(=O)(=O)c1cc(C(=O)OCc2ccc(-c3ccccc3C#N)cc2)ccc1OC. The van der Waals surface area contributed by atoms with E-state index in [-0.39, 0.29) is 22.8 Å². The molecule has 3 aromatic carbocycles. The minimum atomic E-state index is -3.81. The largest absolute Gasteiger partial charge is 0.495 e. The summed E-state index contributed by atoms with van der Waals surface area (Å²) in [5.41, 5.74) is 3.13. The summed E-state index contributed by atoms with van der Waals surface area (Å²) in [5, 5.41) is 9.25. The summed E-state index contributed by atoms with van der Waals surface area (Å²) in [4.78, 5) is 12.3. The van der Waals surface area contributed by atoms with Crippen LogP contribution in [0.25, 0.3) is 11.1 Å². The first-order valence-corrected chi connectivity index (χ1v) is 10.7. The third-order valence-electron chi connectivity index (χ3n) is 4.64. The highest BCUT2D eigenvalue weighted by Crippen LogP contribution is 2.26. The van der Waals surface area contributed by atoms with Gasteiger partial charge in [0.2, 0.25) is 10.0 Å². The maximum atomic E-state index is 12.4. The summed E-state index contributed by atoms with van der Waals surface area (Å²) < 4.78 is 36.9. The van der Waals surface area contributed by atoms with Gasteiger partial charge in [0.05, 0.1) is 24.3 Å². The van der Waals surface area contributed by atoms with Gasteiger partial charge in [0, 0.05) is 0 Å². The average Bonchev–Trinajstić information content (AvgIpc) is 2.82. The molecule has 0 amide bonds. The molecule has 0 radical (unpaired) electrons. The van der Waals surface area contributed by atoms with Gasteiger partial charge in [-0.2, -0.15) is 5.26 Å². The molecule has 8 heteroatoms. The first-order valence-electron chi connectivity index (χ1n) is 9.26. The highest BCUT2D eigenvalue weighted by atomic mass is 32.2. The normalized spacial score (nSPS) is 10.9. The van der Waals surface area contributed by atoms with Gasteiger partial charge in [-0.15, -0.1) is 0 Å². The maximum Gasteiger partial charge on any atom is 0.338 e. The number of methoxy groups -OCH3 is 1. The lowest BCUT2D eigenvalue weighted by atomic mass is 9.99. The quantitative estimate of drug-likeness (QED) is 0.568. The first-order chi connectivity index (χ1) is 14.9. The molecule has 0 fully saturated rings. The number of benzene rings is 3. The molecule has 0 saturated carbocycles. The molecule has 0 heterocycles. The van der Waals surface area contributed by atoms with Crippen LogP contribution in [-0.4, -0.2) is 28.5 Å². The Bertz CT molecular complexity index is 1250. The number of ether oxygens (including phenoxy) is 2. The summed E-state index contributed by atoms with van der Waals surface area (Å²) in [6.45, 7) is 0.0130. The summed E-state index contributed by atoms with van der Waals surface area (Å²) >= 11 is 0. The molecular formula is C23H20N2O5S. The van der Waals surface area contributed by atoms with Crippen LogP contribution < -0.4 is 9.46 Å². The molecule has 158 valence electrons. The van der Waals surface area contributed by atoms with Crippen LogP contribution in [0.15, 0.2) is 71.6 Å². The van der Waals surface area contributed by atoms with Crippen molar-refractivity contribution >= 4 is 16.0 Å². The zero-order valence-corrected chi connectivity index (χ0v) is 17.8. The Hall–Kier alpha value is -3.67. The van der Waals surface area contributed by atoms with E-state index in [1.807, 2.05) is 42.5 Å². The molecular weight excluding hydrogens is 416 g/mol. The van der Waals surface area contributed by atoms with Crippen LogP contribution >= 0.6 is 0 Å². The van der Waals surface area contributed by atoms with Crippen molar-refractivity contribution in [2.45, 2.75) is 11.5 Å². The fourth-order valence-electron chi connectivity index (χ4n) is 2.97. The summed E-state index contributed by atoms with van der Waals surface area (Å²) in [6.07, 6.45) is 0. The number of carbonyl (C=O) groups is 1. The number of rotatable bonds is 7. The highest BCUT2D eigenvalue weighted by Gasteiger charge is 2.20. The second-order valence-electron chi connectivity index (χ2n) is 6.50. The molecule has 7 nitrogen and oxygen atoms in total. The zero-order valence-electron chi connectivity index (χ0n) is 17.0.